The summed E-state index contributed by atoms with van der Waals surface area (Å²) in [5.74, 6) is 0. The van der Waals surface area contributed by atoms with Gasteiger partial charge in [-0.25, -0.2) is 4.79 Å². The lowest BCUT2D eigenvalue weighted by Crippen LogP contribution is -2.41. The van der Waals surface area contributed by atoms with Gasteiger partial charge < -0.3 is 0 Å². The Kier molecular flexibility index (Phi) is 4.38. The number of hydrogen-bond donors (Lipinski definition) is 0. The summed E-state index contributed by atoms with van der Waals surface area (Å²) >= 11 is 1.81. The number of nitrogens with zero attached hydrogens (tertiary/aromatic N) is 3. The predicted molar refractivity (Wildman–Crippen MR) is 104 cm³/mol. The molecule has 6 heteroatoms. The number of rotatable bonds is 3. The Hall–Kier alpha value is -2.44. The summed E-state index contributed by atoms with van der Waals surface area (Å²) in [7, 11) is 3.24. The molecule has 0 radical (unpaired) electrons. The second-order valence-electron chi connectivity index (χ2n) is 6.71. The summed E-state index contributed by atoms with van der Waals surface area (Å²) < 4.78 is 2.72. The van der Waals surface area contributed by atoms with E-state index in [1.807, 2.05) is 6.07 Å². The van der Waals surface area contributed by atoms with Gasteiger partial charge in [0.1, 0.15) is 0 Å². The lowest BCUT2D eigenvalue weighted by atomic mass is 9.93. The van der Waals surface area contributed by atoms with E-state index >= 15 is 0 Å². The van der Waals surface area contributed by atoms with Crippen LogP contribution in [0.1, 0.15) is 27.7 Å². The van der Waals surface area contributed by atoms with Crippen LogP contribution in [0, 0.1) is 0 Å². The smallest absolute Gasteiger partial charge is 0.299 e. The standard InChI is InChI=1S/C20H21N3O2S/c1-21-15(12-18(24)22(2)20(21)25)13-23-10-8-17-16(9-11-26-17)19(23)14-6-4-3-5-7-14/h3-7,9,11-12,19H,8,10,13H2,1-2H3. The lowest BCUT2D eigenvalue weighted by molar-refractivity contribution is 0.200. The van der Waals surface area contributed by atoms with Gasteiger partial charge in [-0.15, -0.1) is 11.3 Å². The molecule has 134 valence electrons. The van der Waals surface area contributed by atoms with Crippen LogP contribution in [0.15, 0.2) is 57.4 Å². The van der Waals surface area contributed by atoms with E-state index in [-0.39, 0.29) is 17.3 Å². The highest BCUT2D eigenvalue weighted by Gasteiger charge is 2.30. The van der Waals surface area contributed by atoms with Crippen LogP contribution in [0.25, 0.3) is 0 Å². The molecule has 1 aliphatic rings. The highest BCUT2D eigenvalue weighted by molar-refractivity contribution is 7.10. The van der Waals surface area contributed by atoms with E-state index in [9.17, 15) is 9.59 Å². The molecule has 26 heavy (non-hydrogen) atoms. The third kappa shape index (κ3) is 2.85. The number of fused-ring (bicyclic) bond motifs is 1. The molecule has 5 nitrogen and oxygen atoms in total. The Morgan fingerprint density at radius 3 is 2.62 bits per heavy atom. The summed E-state index contributed by atoms with van der Waals surface area (Å²) in [5.41, 5.74) is 2.78. The second kappa shape index (κ2) is 6.70. The van der Waals surface area contributed by atoms with E-state index in [1.54, 1.807) is 29.0 Å². The van der Waals surface area contributed by atoms with Crippen molar-refractivity contribution in [3.8, 4) is 0 Å². The van der Waals surface area contributed by atoms with Gasteiger partial charge in [0, 0.05) is 43.8 Å². The lowest BCUT2D eigenvalue weighted by Gasteiger charge is -2.36. The number of thiophene rings is 1. The molecule has 0 saturated heterocycles. The van der Waals surface area contributed by atoms with Crippen molar-refractivity contribution in [1.29, 1.82) is 0 Å². The van der Waals surface area contributed by atoms with E-state index in [1.165, 1.54) is 23.1 Å². The molecule has 3 aromatic rings. The summed E-state index contributed by atoms with van der Waals surface area (Å²) in [6.45, 7) is 1.47. The van der Waals surface area contributed by atoms with Gasteiger partial charge in [-0.3, -0.25) is 18.8 Å². The average Bonchev–Trinajstić information content (AvgIpc) is 3.13. The van der Waals surface area contributed by atoms with Gasteiger partial charge in [0.2, 0.25) is 0 Å². The van der Waals surface area contributed by atoms with Crippen LogP contribution in [-0.2, 0) is 27.1 Å². The molecule has 0 saturated carbocycles. The van der Waals surface area contributed by atoms with Crippen molar-refractivity contribution >= 4 is 11.3 Å². The number of aromatic nitrogens is 2. The molecule has 1 atom stereocenters. The van der Waals surface area contributed by atoms with Crippen molar-refractivity contribution in [3.05, 3.63) is 90.4 Å². The van der Waals surface area contributed by atoms with Crippen molar-refractivity contribution in [3.63, 3.8) is 0 Å². The molecule has 1 aliphatic heterocycles. The van der Waals surface area contributed by atoms with Crippen molar-refractivity contribution in [1.82, 2.24) is 14.0 Å². The van der Waals surface area contributed by atoms with Crippen LogP contribution < -0.4 is 11.2 Å². The molecule has 1 unspecified atom stereocenters. The van der Waals surface area contributed by atoms with E-state index in [4.69, 9.17) is 0 Å². The molecular weight excluding hydrogens is 346 g/mol. The Balaban J connectivity index is 1.77. The molecule has 0 aliphatic carbocycles. The summed E-state index contributed by atoms with van der Waals surface area (Å²) in [4.78, 5) is 28.1. The van der Waals surface area contributed by atoms with E-state index < -0.39 is 0 Å². The second-order valence-corrected chi connectivity index (χ2v) is 7.71. The van der Waals surface area contributed by atoms with Gasteiger partial charge in [-0.1, -0.05) is 30.3 Å². The maximum Gasteiger partial charge on any atom is 0.330 e. The quantitative estimate of drug-likeness (QED) is 0.714. The highest BCUT2D eigenvalue weighted by Crippen LogP contribution is 2.38. The van der Waals surface area contributed by atoms with E-state index in [0.717, 1.165) is 23.2 Å². The van der Waals surface area contributed by atoms with Gasteiger partial charge >= 0.3 is 5.69 Å². The van der Waals surface area contributed by atoms with Crippen LogP contribution in [0.5, 0.6) is 0 Å². The van der Waals surface area contributed by atoms with Crippen molar-refractivity contribution < 1.29 is 0 Å². The van der Waals surface area contributed by atoms with E-state index in [2.05, 4.69) is 40.6 Å². The number of benzene rings is 1. The zero-order chi connectivity index (χ0) is 18.3. The third-order valence-corrected chi connectivity index (χ3v) is 6.17. The van der Waals surface area contributed by atoms with Gasteiger partial charge in [0.25, 0.3) is 5.56 Å². The fraction of sp³-hybridized carbons (Fsp3) is 0.300. The fourth-order valence-corrected chi connectivity index (χ4v) is 4.61. The SMILES string of the molecule is Cn1c(CN2CCc3sccc3C2c2ccccc2)cc(=O)n(C)c1=O. The largest absolute Gasteiger partial charge is 0.330 e. The summed E-state index contributed by atoms with van der Waals surface area (Å²) in [6, 6.07) is 14.4. The number of hydrogen-bond acceptors (Lipinski definition) is 4. The molecule has 0 bridgehead atoms. The van der Waals surface area contributed by atoms with Crippen molar-refractivity contribution in [2.24, 2.45) is 14.1 Å². The maximum atomic E-state index is 12.3. The Bertz CT molecular complexity index is 1050. The average molecular weight is 367 g/mol. The van der Waals surface area contributed by atoms with Crippen molar-refractivity contribution in [2.45, 2.75) is 19.0 Å². The minimum absolute atomic E-state index is 0.144. The van der Waals surface area contributed by atoms with Gasteiger partial charge in [0.15, 0.2) is 0 Å². The van der Waals surface area contributed by atoms with Gasteiger partial charge in [-0.2, -0.15) is 0 Å². The van der Waals surface area contributed by atoms with Crippen LogP contribution in [0.4, 0.5) is 0 Å². The Morgan fingerprint density at radius 1 is 1.08 bits per heavy atom. The zero-order valence-corrected chi connectivity index (χ0v) is 15.7. The maximum absolute atomic E-state index is 12.3. The zero-order valence-electron chi connectivity index (χ0n) is 14.9. The Morgan fingerprint density at radius 2 is 1.85 bits per heavy atom. The molecule has 0 spiro atoms. The highest BCUT2D eigenvalue weighted by atomic mass is 32.1. The Labute approximate surface area is 155 Å². The first-order valence-corrected chi connectivity index (χ1v) is 9.55. The first-order valence-electron chi connectivity index (χ1n) is 8.67. The minimum Gasteiger partial charge on any atom is -0.299 e. The molecule has 2 aromatic heterocycles. The molecular formula is C20H21N3O2S. The van der Waals surface area contributed by atoms with Crippen molar-refractivity contribution in [2.75, 3.05) is 6.54 Å². The predicted octanol–water partition coefficient (Wildman–Crippen LogP) is 2.29. The molecule has 4 rings (SSSR count). The first kappa shape index (κ1) is 17.0. The molecule has 0 N–H and O–H groups in total. The topological polar surface area (TPSA) is 47.2 Å². The monoisotopic (exact) mass is 367 g/mol. The van der Waals surface area contributed by atoms with Crippen LogP contribution in [0.3, 0.4) is 0 Å². The summed E-state index contributed by atoms with van der Waals surface area (Å²) in [6.07, 6.45) is 0.995. The normalized spacial score (nSPS) is 17.2. The molecule has 1 aromatic carbocycles. The van der Waals surface area contributed by atoms with Gasteiger partial charge in [0.05, 0.1) is 6.04 Å². The molecule has 3 heterocycles. The first-order chi connectivity index (χ1) is 12.6. The van der Waals surface area contributed by atoms with Gasteiger partial charge in [-0.05, 0) is 29.0 Å². The van der Waals surface area contributed by atoms with Crippen LogP contribution in [-0.4, -0.2) is 20.6 Å². The molecule has 0 amide bonds. The van der Waals surface area contributed by atoms with Crippen LogP contribution >= 0.6 is 11.3 Å². The minimum atomic E-state index is -0.281. The third-order valence-electron chi connectivity index (χ3n) is 5.17. The molecule has 0 fully saturated rings. The fourth-order valence-electron chi connectivity index (χ4n) is 3.70. The van der Waals surface area contributed by atoms with Crippen LogP contribution in [0.2, 0.25) is 0 Å². The summed E-state index contributed by atoms with van der Waals surface area (Å²) in [5, 5.41) is 2.15. The van der Waals surface area contributed by atoms with E-state index in [0.29, 0.717) is 6.54 Å².